The van der Waals surface area contributed by atoms with Crippen molar-refractivity contribution in [1.29, 1.82) is 0 Å². The molecule has 1 spiro atoms. The first-order valence-electron chi connectivity index (χ1n) is 12.8. The third kappa shape index (κ3) is 5.65. The van der Waals surface area contributed by atoms with Crippen LogP contribution in [0.15, 0.2) is 53.5 Å². The van der Waals surface area contributed by atoms with Gasteiger partial charge in [-0.25, -0.2) is 0 Å². The Balaban J connectivity index is 1.67. The predicted octanol–water partition coefficient (Wildman–Crippen LogP) is 7.14. The van der Waals surface area contributed by atoms with Gasteiger partial charge in [-0.2, -0.15) is 13.2 Å². The Bertz CT molecular complexity index is 1180. The van der Waals surface area contributed by atoms with Gasteiger partial charge >= 0.3 is 6.18 Å². The van der Waals surface area contributed by atoms with Crippen LogP contribution in [0.4, 0.5) is 13.2 Å². The highest BCUT2D eigenvalue weighted by atomic mass is 19.4. The molecule has 0 saturated heterocycles. The van der Waals surface area contributed by atoms with Crippen LogP contribution in [0.5, 0.6) is 0 Å². The van der Waals surface area contributed by atoms with Crippen LogP contribution in [0.25, 0.3) is 0 Å². The molecule has 1 aliphatic heterocycles. The van der Waals surface area contributed by atoms with Gasteiger partial charge in [0.15, 0.2) is 5.78 Å². The number of halogens is 3. The van der Waals surface area contributed by atoms with Crippen molar-refractivity contribution in [2.45, 2.75) is 77.7 Å². The van der Waals surface area contributed by atoms with Crippen LogP contribution in [-0.2, 0) is 17.5 Å². The van der Waals surface area contributed by atoms with Gasteiger partial charge in [0.1, 0.15) is 11.4 Å². The van der Waals surface area contributed by atoms with E-state index in [1.807, 2.05) is 12.1 Å². The van der Waals surface area contributed by atoms with Crippen molar-refractivity contribution in [2.75, 3.05) is 0 Å². The Hall–Kier alpha value is -2.96. The van der Waals surface area contributed by atoms with Gasteiger partial charge in [0.25, 0.3) is 5.91 Å². The maximum absolute atomic E-state index is 13.7. The fourth-order valence-electron chi connectivity index (χ4n) is 5.46. The molecule has 4 rings (SSSR count). The van der Waals surface area contributed by atoms with Crippen molar-refractivity contribution in [3.63, 3.8) is 0 Å². The first-order valence-corrected chi connectivity index (χ1v) is 12.8. The zero-order valence-corrected chi connectivity index (χ0v) is 21.6. The maximum atomic E-state index is 13.7. The summed E-state index contributed by atoms with van der Waals surface area (Å²) in [6.07, 6.45) is -0.930. The minimum absolute atomic E-state index is 0.0431. The largest absolute Gasteiger partial charge is 0.416 e. The number of alkyl halides is 3. The average molecular weight is 511 g/mol. The predicted molar refractivity (Wildman–Crippen MR) is 137 cm³/mol. The number of aliphatic imine (C=N–C) groups is 1. The van der Waals surface area contributed by atoms with E-state index < -0.39 is 17.4 Å². The lowest BCUT2D eigenvalue weighted by molar-refractivity contribution is -0.137. The number of ketones is 1. The Morgan fingerprint density at radius 1 is 1.08 bits per heavy atom. The topological polar surface area (TPSA) is 49.7 Å². The molecular weight excluding hydrogens is 477 g/mol. The summed E-state index contributed by atoms with van der Waals surface area (Å²) >= 11 is 0. The summed E-state index contributed by atoms with van der Waals surface area (Å²) in [5.74, 6) is 0.0611. The quantitative estimate of drug-likeness (QED) is 0.388. The number of carbonyl (C=O) groups is 2. The number of amides is 1. The van der Waals surface area contributed by atoms with Gasteiger partial charge in [0.05, 0.1) is 5.56 Å². The zero-order chi connectivity index (χ0) is 27.0. The summed E-state index contributed by atoms with van der Waals surface area (Å²) in [5.41, 5.74) is 0.170. The lowest BCUT2D eigenvalue weighted by Crippen LogP contribution is -2.49. The van der Waals surface area contributed by atoms with Crippen LogP contribution in [0, 0.1) is 18.3 Å². The molecule has 2 aromatic rings. The second kappa shape index (κ2) is 10.1. The summed E-state index contributed by atoms with van der Waals surface area (Å²) < 4.78 is 40.2. The Morgan fingerprint density at radius 3 is 2.30 bits per heavy atom. The lowest BCUT2D eigenvalue weighted by atomic mass is 9.69. The van der Waals surface area contributed by atoms with E-state index >= 15 is 0 Å². The Kier molecular flexibility index (Phi) is 7.37. The van der Waals surface area contributed by atoms with Gasteiger partial charge in [-0.05, 0) is 68.1 Å². The molecule has 1 fully saturated rings. The van der Waals surface area contributed by atoms with E-state index in [0.29, 0.717) is 24.3 Å². The highest BCUT2D eigenvalue weighted by Crippen LogP contribution is 2.47. The van der Waals surface area contributed by atoms with Gasteiger partial charge in [-0.3, -0.25) is 14.6 Å². The molecule has 1 aliphatic carbocycles. The zero-order valence-electron chi connectivity index (χ0n) is 21.6. The average Bonchev–Trinajstić information content (AvgIpc) is 3.10. The molecule has 2 aliphatic rings. The van der Waals surface area contributed by atoms with Gasteiger partial charge < -0.3 is 4.90 Å². The summed E-state index contributed by atoms with van der Waals surface area (Å²) in [6.45, 7) is 12.4. The number of carbonyl (C=O) groups excluding carboxylic acids is 2. The van der Waals surface area contributed by atoms with E-state index in [0.717, 1.165) is 30.5 Å². The van der Waals surface area contributed by atoms with Gasteiger partial charge in [-0.1, -0.05) is 57.2 Å². The van der Waals surface area contributed by atoms with Gasteiger partial charge in [0, 0.05) is 24.1 Å². The second-order valence-electron chi connectivity index (χ2n) is 11.2. The van der Waals surface area contributed by atoms with Crippen molar-refractivity contribution < 1.29 is 22.8 Å². The highest BCUT2D eigenvalue weighted by Gasteiger charge is 2.50. The number of nitrogens with zero attached hydrogens (tertiary/aromatic N) is 2. The third-order valence-electron chi connectivity index (χ3n) is 7.73. The lowest BCUT2D eigenvalue weighted by Gasteiger charge is -2.44. The summed E-state index contributed by atoms with van der Waals surface area (Å²) in [4.78, 5) is 32.5. The molecule has 0 atom stereocenters. The van der Waals surface area contributed by atoms with Crippen LogP contribution in [0.3, 0.4) is 0 Å². The van der Waals surface area contributed by atoms with Crippen molar-refractivity contribution in [2.24, 2.45) is 16.3 Å². The van der Waals surface area contributed by atoms with E-state index in [-0.39, 0.29) is 47.8 Å². The second-order valence-corrected chi connectivity index (χ2v) is 11.2. The Labute approximate surface area is 217 Å². The van der Waals surface area contributed by atoms with Crippen LogP contribution >= 0.6 is 0 Å². The number of hydrogen-bond acceptors (Lipinski definition) is 3. The number of hydrogen-bond donors (Lipinski definition) is 0. The number of Topliss-reactive ketones (excluding diaryl/α,β-unsaturated/α-hetero) is 1. The summed E-state index contributed by atoms with van der Waals surface area (Å²) in [7, 11) is 0. The molecule has 4 nitrogen and oxygen atoms in total. The highest BCUT2D eigenvalue weighted by molar-refractivity contribution is 6.46. The SMILES string of the molecule is [CH]CCC(=O)c1ccc(CN2C(=O)C(c3cccc(C(F)(F)F)c3)=NC23CCC(C(C)(C)C)CC3)cc1. The van der Waals surface area contributed by atoms with Crippen LogP contribution in [0.2, 0.25) is 0 Å². The standard InChI is InChI=1S/C30H33F3N2O2/c1-5-7-25(36)21-12-10-20(11-13-21)19-35-27(37)26(22-8-6-9-24(18-22)30(31,32)33)34-29(35)16-14-23(15-17-29)28(2,3)4/h1,6,8-13,18,23H,5,7,14-17,19H2,2-4H3. The summed E-state index contributed by atoms with van der Waals surface area (Å²) in [6, 6.07) is 11.9. The number of benzene rings is 2. The first kappa shape index (κ1) is 27.1. The molecule has 0 unspecified atom stereocenters. The maximum Gasteiger partial charge on any atom is 0.416 e. The Morgan fingerprint density at radius 2 is 1.73 bits per heavy atom. The molecule has 0 aromatic heterocycles. The first-order chi connectivity index (χ1) is 17.3. The monoisotopic (exact) mass is 510 g/mol. The molecule has 2 aromatic carbocycles. The smallest absolute Gasteiger partial charge is 0.308 e. The van der Waals surface area contributed by atoms with Gasteiger partial charge in [0.2, 0.25) is 0 Å². The van der Waals surface area contributed by atoms with Crippen LogP contribution in [-0.4, -0.2) is 28.0 Å². The molecule has 0 bridgehead atoms. The minimum atomic E-state index is -4.51. The van der Waals surface area contributed by atoms with Crippen molar-refractivity contribution in [3.8, 4) is 0 Å². The fraction of sp³-hybridized carbons (Fsp3) is 0.467. The number of rotatable bonds is 6. The van der Waals surface area contributed by atoms with E-state index in [2.05, 4.69) is 20.8 Å². The van der Waals surface area contributed by atoms with E-state index in [1.54, 1.807) is 17.0 Å². The molecular formula is C30H33F3N2O2. The molecule has 196 valence electrons. The molecule has 1 saturated carbocycles. The van der Waals surface area contributed by atoms with Gasteiger partial charge in [-0.15, -0.1) is 0 Å². The minimum Gasteiger partial charge on any atom is -0.308 e. The third-order valence-corrected chi connectivity index (χ3v) is 7.73. The molecule has 1 amide bonds. The fourth-order valence-corrected chi connectivity index (χ4v) is 5.46. The molecule has 2 radical (unpaired) electrons. The van der Waals surface area contributed by atoms with Crippen LogP contribution < -0.4 is 0 Å². The van der Waals surface area contributed by atoms with E-state index in [9.17, 15) is 22.8 Å². The molecule has 1 heterocycles. The van der Waals surface area contributed by atoms with Crippen LogP contribution in [0.1, 0.15) is 86.3 Å². The molecule has 37 heavy (non-hydrogen) atoms. The summed E-state index contributed by atoms with van der Waals surface area (Å²) in [5, 5.41) is 0. The normalized spacial score (nSPS) is 22.5. The van der Waals surface area contributed by atoms with Crippen molar-refractivity contribution in [1.82, 2.24) is 4.90 Å². The van der Waals surface area contributed by atoms with Crippen molar-refractivity contribution in [3.05, 3.63) is 77.7 Å². The molecule has 7 heteroatoms. The van der Waals surface area contributed by atoms with E-state index in [4.69, 9.17) is 11.9 Å². The molecule has 0 N–H and O–H groups in total. The van der Waals surface area contributed by atoms with E-state index in [1.165, 1.54) is 12.1 Å². The van der Waals surface area contributed by atoms with Crippen molar-refractivity contribution >= 4 is 17.4 Å².